The Morgan fingerprint density at radius 2 is 1.86 bits per heavy atom. The lowest BCUT2D eigenvalue weighted by molar-refractivity contribution is -0.165. The third-order valence-electron chi connectivity index (χ3n) is 5.60. The summed E-state index contributed by atoms with van der Waals surface area (Å²) in [5.41, 5.74) is 0.904. The van der Waals surface area contributed by atoms with Crippen LogP contribution in [0.1, 0.15) is 37.3 Å². The number of piperidine rings is 1. The molecule has 8 heteroatoms. The molecule has 2 aliphatic heterocycles. The van der Waals surface area contributed by atoms with E-state index in [1.54, 1.807) is 7.11 Å². The van der Waals surface area contributed by atoms with E-state index < -0.39 is 12.1 Å². The van der Waals surface area contributed by atoms with Crippen molar-refractivity contribution in [1.82, 2.24) is 15.5 Å². The van der Waals surface area contributed by atoms with Crippen LogP contribution >= 0.6 is 12.4 Å². The normalized spacial score (nSPS) is 25.8. The van der Waals surface area contributed by atoms with Crippen LogP contribution in [0, 0.1) is 0 Å². The number of hydrogen-bond donors (Lipinski definition) is 2. The Morgan fingerprint density at radius 1 is 1.18 bits per heavy atom. The van der Waals surface area contributed by atoms with Gasteiger partial charge in [-0.25, -0.2) is 0 Å². The van der Waals surface area contributed by atoms with Gasteiger partial charge in [0.1, 0.15) is 12.4 Å². The first-order chi connectivity index (χ1) is 13.2. The first kappa shape index (κ1) is 20.9. The zero-order chi connectivity index (χ0) is 18.8. The average Bonchev–Trinajstić information content (AvgIpc) is 3.53. The van der Waals surface area contributed by atoms with E-state index in [9.17, 15) is 9.59 Å². The van der Waals surface area contributed by atoms with Crippen molar-refractivity contribution in [1.29, 1.82) is 0 Å². The monoisotopic (exact) mass is 409 g/mol. The predicted molar refractivity (Wildman–Crippen MR) is 107 cm³/mol. The minimum absolute atomic E-state index is 0. The lowest BCUT2D eigenvalue weighted by Gasteiger charge is -2.41. The number of amides is 2. The van der Waals surface area contributed by atoms with Crippen molar-refractivity contribution in [2.45, 2.75) is 49.9 Å². The largest absolute Gasteiger partial charge is 0.497 e. The quantitative estimate of drug-likeness (QED) is 0.768. The number of benzene rings is 1. The molecular weight excluding hydrogens is 382 g/mol. The van der Waals surface area contributed by atoms with Crippen molar-refractivity contribution in [3.8, 4) is 5.75 Å². The summed E-state index contributed by atoms with van der Waals surface area (Å²) in [5, 5.41) is 6.44. The number of halogens is 1. The van der Waals surface area contributed by atoms with Crippen LogP contribution in [0.3, 0.4) is 0 Å². The highest BCUT2D eigenvalue weighted by Gasteiger charge is 2.47. The summed E-state index contributed by atoms with van der Waals surface area (Å²) in [6.07, 6.45) is 3.11. The predicted octanol–water partition coefficient (Wildman–Crippen LogP) is 1.42. The van der Waals surface area contributed by atoms with Gasteiger partial charge in [-0.2, -0.15) is 0 Å². The summed E-state index contributed by atoms with van der Waals surface area (Å²) in [5.74, 6) is 0.584. The van der Waals surface area contributed by atoms with Gasteiger partial charge in [-0.1, -0.05) is 12.1 Å². The standard InChI is InChI=1S/C20H27N3O4.ClH/c1-26-16-6-2-13(3-7-16)18-19(20(25)22-14-8-10-21-11-9-14)27-12-17(24)23(18)15-4-5-15;/h2-3,6-7,14-15,18-19,21H,4-5,8-12H2,1H3,(H,22,25);1H/t18-,19+;/m1./s1. The number of hydrogen-bond acceptors (Lipinski definition) is 5. The molecule has 154 valence electrons. The lowest BCUT2D eigenvalue weighted by atomic mass is 9.96. The number of methoxy groups -OCH3 is 1. The minimum Gasteiger partial charge on any atom is -0.497 e. The van der Waals surface area contributed by atoms with Crippen molar-refractivity contribution < 1.29 is 19.1 Å². The smallest absolute Gasteiger partial charge is 0.251 e. The van der Waals surface area contributed by atoms with Crippen LogP contribution in [-0.4, -0.2) is 61.7 Å². The van der Waals surface area contributed by atoms with E-state index in [2.05, 4.69) is 10.6 Å². The summed E-state index contributed by atoms with van der Waals surface area (Å²) in [4.78, 5) is 27.5. The molecule has 7 nitrogen and oxygen atoms in total. The van der Waals surface area contributed by atoms with Gasteiger partial charge in [-0.05, 0) is 56.5 Å². The average molecular weight is 410 g/mol. The van der Waals surface area contributed by atoms with Gasteiger partial charge in [0.25, 0.3) is 5.91 Å². The third kappa shape index (κ3) is 4.42. The molecule has 0 aromatic heterocycles. The van der Waals surface area contributed by atoms with Crippen LogP contribution in [0.4, 0.5) is 0 Å². The molecule has 1 saturated carbocycles. The Morgan fingerprint density at radius 3 is 2.46 bits per heavy atom. The van der Waals surface area contributed by atoms with Gasteiger partial charge < -0.3 is 25.0 Å². The van der Waals surface area contributed by atoms with Gasteiger partial charge in [-0.3, -0.25) is 9.59 Å². The molecule has 3 fully saturated rings. The van der Waals surface area contributed by atoms with Crippen molar-refractivity contribution in [2.24, 2.45) is 0 Å². The maximum absolute atomic E-state index is 13.0. The van der Waals surface area contributed by atoms with Crippen LogP contribution in [-0.2, 0) is 14.3 Å². The Kier molecular flexibility index (Phi) is 6.80. The summed E-state index contributed by atoms with van der Waals surface area (Å²) in [6, 6.07) is 7.54. The lowest BCUT2D eigenvalue weighted by Crippen LogP contribution is -2.56. The molecule has 3 aliphatic rings. The van der Waals surface area contributed by atoms with Gasteiger partial charge in [0.2, 0.25) is 5.91 Å². The Hall–Kier alpha value is -1.83. The topological polar surface area (TPSA) is 79.9 Å². The van der Waals surface area contributed by atoms with E-state index in [1.165, 1.54) is 0 Å². The summed E-state index contributed by atoms with van der Waals surface area (Å²) in [6.45, 7) is 1.78. The molecular formula is C20H28ClN3O4. The van der Waals surface area contributed by atoms with E-state index in [0.717, 1.165) is 50.1 Å². The van der Waals surface area contributed by atoms with Crippen LogP contribution in [0.2, 0.25) is 0 Å². The number of carbonyl (C=O) groups excluding carboxylic acids is 2. The van der Waals surface area contributed by atoms with E-state index in [1.807, 2.05) is 29.2 Å². The maximum atomic E-state index is 13.0. The molecule has 1 aliphatic carbocycles. The molecule has 1 aromatic rings. The van der Waals surface area contributed by atoms with Crippen LogP contribution < -0.4 is 15.4 Å². The number of nitrogens with one attached hydrogen (secondary N) is 2. The maximum Gasteiger partial charge on any atom is 0.251 e. The van der Waals surface area contributed by atoms with Crippen LogP contribution in [0.25, 0.3) is 0 Å². The molecule has 0 spiro atoms. The fourth-order valence-corrected chi connectivity index (χ4v) is 4.02. The Bertz CT molecular complexity index is 689. The molecule has 2 amide bonds. The highest BCUT2D eigenvalue weighted by Crippen LogP contribution is 2.40. The van der Waals surface area contributed by atoms with Gasteiger partial charge in [0.15, 0.2) is 6.10 Å². The zero-order valence-corrected chi connectivity index (χ0v) is 16.9. The third-order valence-corrected chi connectivity index (χ3v) is 5.60. The molecule has 2 atom stereocenters. The first-order valence-electron chi connectivity index (χ1n) is 9.75. The number of nitrogens with zero attached hydrogens (tertiary/aromatic N) is 1. The van der Waals surface area contributed by atoms with Crippen molar-refractivity contribution in [2.75, 3.05) is 26.8 Å². The van der Waals surface area contributed by atoms with Gasteiger partial charge in [0, 0.05) is 12.1 Å². The molecule has 2 N–H and O–H groups in total. The molecule has 0 unspecified atom stereocenters. The molecule has 4 rings (SSSR count). The molecule has 2 heterocycles. The van der Waals surface area contributed by atoms with E-state index in [0.29, 0.717) is 0 Å². The fraction of sp³-hybridized carbons (Fsp3) is 0.600. The van der Waals surface area contributed by atoms with Crippen molar-refractivity contribution in [3.63, 3.8) is 0 Å². The summed E-state index contributed by atoms with van der Waals surface area (Å²) < 4.78 is 11.0. The highest BCUT2D eigenvalue weighted by molar-refractivity contribution is 5.87. The second-order valence-corrected chi connectivity index (χ2v) is 7.51. The summed E-state index contributed by atoms with van der Waals surface area (Å²) >= 11 is 0. The van der Waals surface area contributed by atoms with Gasteiger partial charge in [0.05, 0.1) is 13.2 Å². The van der Waals surface area contributed by atoms with E-state index in [4.69, 9.17) is 9.47 Å². The molecule has 0 bridgehead atoms. The molecule has 28 heavy (non-hydrogen) atoms. The van der Waals surface area contributed by atoms with E-state index in [-0.39, 0.29) is 42.9 Å². The fourth-order valence-electron chi connectivity index (χ4n) is 4.02. The van der Waals surface area contributed by atoms with Crippen LogP contribution in [0.5, 0.6) is 5.75 Å². The van der Waals surface area contributed by atoms with Crippen LogP contribution in [0.15, 0.2) is 24.3 Å². The number of carbonyl (C=O) groups is 2. The second-order valence-electron chi connectivity index (χ2n) is 7.51. The van der Waals surface area contributed by atoms with Crippen molar-refractivity contribution >= 4 is 24.2 Å². The van der Waals surface area contributed by atoms with E-state index >= 15 is 0 Å². The van der Waals surface area contributed by atoms with Gasteiger partial charge >= 0.3 is 0 Å². The molecule has 1 aromatic carbocycles. The number of rotatable bonds is 5. The number of ether oxygens (including phenoxy) is 2. The molecule has 0 radical (unpaired) electrons. The SMILES string of the molecule is COc1ccc([C@@H]2[C@@H](C(=O)NC3CCNCC3)OCC(=O)N2C2CC2)cc1.Cl. The minimum atomic E-state index is -0.688. The van der Waals surface area contributed by atoms with Crippen molar-refractivity contribution in [3.05, 3.63) is 29.8 Å². The highest BCUT2D eigenvalue weighted by atomic mass is 35.5. The van der Waals surface area contributed by atoms with Gasteiger partial charge in [-0.15, -0.1) is 12.4 Å². The number of morpholine rings is 1. The Labute approximate surface area is 171 Å². The second kappa shape index (κ2) is 9.11. The Balaban J connectivity index is 0.00000225. The summed E-state index contributed by atoms with van der Waals surface area (Å²) in [7, 11) is 1.62. The molecule has 2 saturated heterocycles. The zero-order valence-electron chi connectivity index (χ0n) is 16.1. The first-order valence-corrected chi connectivity index (χ1v) is 9.75.